The van der Waals surface area contributed by atoms with Crippen LogP contribution in [0.5, 0.6) is 5.75 Å². The van der Waals surface area contributed by atoms with Crippen molar-refractivity contribution < 1.29 is 14.8 Å². The van der Waals surface area contributed by atoms with Gasteiger partial charge in [-0.15, -0.1) is 0 Å². The number of aliphatic hydroxyl groups is 1. The number of nitrogens with zero attached hydrogens (tertiary/aromatic N) is 1. The second-order valence-corrected chi connectivity index (χ2v) is 3.93. The zero-order valence-electron chi connectivity index (χ0n) is 10.3. The van der Waals surface area contributed by atoms with Crippen LogP contribution in [-0.2, 0) is 0 Å². The van der Waals surface area contributed by atoms with E-state index in [1.165, 1.54) is 13.2 Å². The van der Waals surface area contributed by atoms with E-state index < -0.39 is 17.1 Å². The van der Waals surface area contributed by atoms with Crippen LogP contribution < -0.4 is 15.8 Å². The number of aliphatic hydroxyl groups excluding tert-OH is 1. The van der Waals surface area contributed by atoms with Crippen molar-refractivity contribution in [1.82, 2.24) is 0 Å². The Morgan fingerprint density at radius 1 is 1.61 bits per heavy atom. The number of hydrogen-bond donors (Lipinski definition) is 3. The van der Waals surface area contributed by atoms with Gasteiger partial charge in [-0.25, -0.2) is 0 Å². The monoisotopic (exact) mass is 255 g/mol. The van der Waals surface area contributed by atoms with Crippen LogP contribution in [0.1, 0.15) is 6.92 Å². The van der Waals surface area contributed by atoms with Crippen LogP contribution in [0, 0.1) is 10.1 Å². The molecule has 0 radical (unpaired) electrons. The molecule has 7 heteroatoms. The molecular formula is C11H17N3O4. The fourth-order valence-corrected chi connectivity index (χ4v) is 1.34. The van der Waals surface area contributed by atoms with Gasteiger partial charge in [0.25, 0.3) is 5.69 Å². The number of hydrogen-bond acceptors (Lipinski definition) is 6. The Hall–Kier alpha value is -1.86. The Kier molecular flexibility index (Phi) is 4.87. The second kappa shape index (κ2) is 6.18. The molecule has 4 N–H and O–H groups in total. The molecule has 0 aromatic heterocycles. The lowest BCUT2D eigenvalue weighted by molar-refractivity contribution is -0.384. The molecule has 0 heterocycles. The third-order valence-corrected chi connectivity index (χ3v) is 2.55. The van der Waals surface area contributed by atoms with E-state index in [1.54, 1.807) is 19.1 Å². The normalized spacial score (nSPS) is 13.8. The van der Waals surface area contributed by atoms with Crippen molar-refractivity contribution in [1.29, 1.82) is 0 Å². The SMILES string of the molecule is COc1ccc(NCC(N)C(C)O)c([N+](=O)[O-])c1. The van der Waals surface area contributed by atoms with E-state index in [0.29, 0.717) is 11.4 Å². The fourth-order valence-electron chi connectivity index (χ4n) is 1.34. The van der Waals surface area contributed by atoms with E-state index in [2.05, 4.69) is 5.32 Å². The molecule has 1 rings (SSSR count). The molecule has 0 fully saturated rings. The number of nitrogens with one attached hydrogen (secondary N) is 1. The third kappa shape index (κ3) is 3.57. The molecular weight excluding hydrogens is 238 g/mol. The first-order valence-corrected chi connectivity index (χ1v) is 5.45. The molecule has 2 unspecified atom stereocenters. The molecule has 0 aliphatic rings. The maximum atomic E-state index is 10.9. The quantitative estimate of drug-likeness (QED) is 0.510. The maximum absolute atomic E-state index is 10.9. The largest absolute Gasteiger partial charge is 0.496 e. The van der Waals surface area contributed by atoms with Crippen molar-refractivity contribution in [3.8, 4) is 5.75 Å². The van der Waals surface area contributed by atoms with Gasteiger partial charge in [-0.05, 0) is 19.1 Å². The van der Waals surface area contributed by atoms with Crippen molar-refractivity contribution in [2.75, 3.05) is 19.0 Å². The molecule has 0 aliphatic carbocycles. The van der Waals surface area contributed by atoms with Crippen LogP contribution in [0.3, 0.4) is 0 Å². The number of anilines is 1. The van der Waals surface area contributed by atoms with E-state index >= 15 is 0 Å². The number of benzene rings is 1. The third-order valence-electron chi connectivity index (χ3n) is 2.55. The van der Waals surface area contributed by atoms with Crippen molar-refractivity contribution in [2.45, 2.75) is 19.1 Å². The van der Waals surface area contributed by atoms with Gasteiger partial charge in [0.1, 0.15) is 11.4 Å². The second-order valence-electron chi connectivity index (χ2n) is 3.93. The van der Waals surface area contributed by atoms with Crippen molar-refractivity contribution >= 4 is 11.4 Å². The summed E-state index contributed by atoms with van der Waals surface area (Å²) in [5.41, 5.74) is 5.89. The molecule has 100 valence electrons. The molecule has 1 aromatic carbocycles. The number of nitrogens with two attached hydrogens (primary N) is 1. The minimum Gasteiger partial charge on any atom is -0.496 e. The number of nitro groups is 1. The van der Waals surface area contributed by atoms with Gasteiger partial charge in [0.05, 0.1) is 24.2 Å². The number of ether oxygens (including phenoxy) is 1. The first-order chi connectivity index (χ1) is 8.45. The average molecular weight is 255 g/mol. The Morgan fingerprint density at radius 2 is 2.28 bits per heavy atom. The van der Waals surface area contributed by atoms with Crippen molar-refractivity contribution in [3.05, 3.63) is 28.3 Å². The molecule has 0 bridgehead atoms. The van der Waals surface area contributed by atoms with E-state index in [0.717, 1.165) is 0 Å². The number of nitro benzene ring substituents is 1. The van der Waals surface area contributed by atoms with Gasteiger partial charge < -0.3 is 20.9 Å². The van der Waals surface area contributed by atoms with Crippen molar-refractivity contribution in [3.63, 3.8) is 0 Å². The zero-order valence-corrected chi connectivity index (χ0v) is 10.3. The minimum atomic E-state index is -0.685. The van der Waals surface area contributed by atoms with Gasteiger partial charge in [-0.3, -0.25) is 10.1 Å². The van der Waals surface area contributed by atoms with Gasteiger partial charge in [0, 0.05) is 12.6 Å². The molecule has 0 saturated heterocycles. The summed E-state index contributed by atoms with van der Waals surface area (Å²) in [5.74, 6) is 0.409. The Labute approximate surface area is 105 Å². The molecule has 0 amide bonds. The molecule has 0 spiro atoms. The first kappa shape index (κ1) is 14.2. The summed E-state index contributed by atoms with van der Waals surface area (Å²) < 4.78 is 4.93. The van der Waals surface area contributed by atoms with E-state index in [1.807, 2.05) is 0 Å². The van der Waals surface area contributed by atoms with Gasteiger partial charge in [0.15, 0.2) is 0 Å². The first-order valence-electron chi connectivity index (χ1n) is 5.45. The molecule has 0 saturated carbocycles. The summed E-state index contributed by atoms with van der Waals surface area (Å²) in [5, 5.41) is 23.0. The molecule has 7 nitrogen and oxygen atoms in total. The van der Waals surface area contributed by atoms with Gasteiger partial charge in [-0.1, -0.05) is 0 Å². The lowest BCUT2D eigenvalue weighted by Gasteiger charge is -2.16. The van der Waals surface area contributed by atoms with Gasteiger partial charge >= 0.3 is 0 Å². The highest BCUT2D eigenvalue weighted by atomic mass is 16.6. The smallest absolute Gasteiger partial charge is 0.296 e. The van der Waals surface area contributed by atoms with Crippen LogP contribution in [0.2, 0.25) is 0 Å². The Balaban J connectivity index is 2.85. The van der Waals surface area contributed by atoms with Gasteiger partial charge in [-0.2, -0.15) is 0 Å². The van der Waals surface area contributed by atoms with E-state index in [-0.39, 0.29) is 12.2 Å². The predicted molar refractivity (Wildman–Crippen MR) is 67.8 cm³/mol. The van der Waals surface area contributed by atoms with Crippen LogP contribution in [0.15, 0.2) is 18.2 Å². The van der Waals surface area contributed by atoms with Crippen LogP contribution in [0.4, 0.5) is 11.4 Å². The summed E-state index contributed by atoms with van der Waals surface area (Å²) >= 11 is 0. The van der Waals surface area contributed by atoms with E-state index in [9.17, 15) is 15.2 Å². The Morgan fingerprint density at radius 3 is 2.78 bits per heavy atom. The average Bonchev–Trinajstić information content (AvgIpc) is 2.35. The minimum absolute atomic E-state index is 0.0906. The number of methoxy groups -OCH3 is 1. The van der Waals surface area contributed by atoms with Crippen molar-refractivity contribution in [2.24, 2.45) is 5.73 Å². The zero-order chi connectivity index (χ0) is 13.7. The van der Waals surface area contributed by atoms with Crippen LogP contribution in [0.25, 0.3) is 0 Å². The number of rotatable bonds is 6. The summed E-state index contributed by atoms with van der Waals surface area (Å²) in [6, 6.07) is 4.00. The maximum Gasteiger partial charge on any atom is 0.296 e. The summed E-state index contributed by atoms with van der Waals surface area (Å²) in [6.45, 7) is 1.81. The topological polar surface area (TPSA) is 111 Å². The van der Waals surface area contributed by atoms with E-state index in [4.69, 9.17) is 10.5 Å². The van der Waals surface area contributed by atoms with Crippen LogP contribution in [-0.4, -0.2) is 35.8 Å². The lowest BCUT2D eigenvalue weighted by atomic mass is 10.2. The summed E-state index contributed by atoms with van der Waals surface area (Å²) in [6.07, 6.45) is -0.685. The molecule has 1 aromatic rings. The fraction of sp³-hybridized carbons (Fsp3) is 0.455. The molecule has 2 atom stereocenters. The standard InChI is InChI=1S/C11H17N3O4/c1-7(15)9(12)6-13-10-4-3-8(18-2)5-11(10)14(16)17/h3-5,7,9,13,15H,6,12H2,1-2H3. The molecule has 18 heavy (non-hydrogen) atoms. The lowest BCUT2D eigenvalue weighted by Crippen LogP contribution is -2.38. The highest BCUT2D eigenvalue weighted by Gasteiger charge is 2.16. The summed E-state index contributed by atoms with van der Waals surface area (Å²) in [7, 11) is 1.44. The van der Waals surface area contributed by atoms with Crippen LogP contribution >= 0.6 is 0 Å². The highest BCUT2D eigenvalue weighted by Crippen LogP contribution is 2.28. The molecule has 0 aliphatic heterocycles. The Bertz CT molecular complexity index is 423. The predicted octanol–water partition coefficient (Wildman–Crippen LogP) is 0.723. The van der Waals surface area contributed by atoms with Gasteiger partial charge in [0.2, 0.25) is 0 Å². The highest BCUT2D eigenvalue weighted by molar-refractivity contribution is 5.63. The summed E-state index contributed by atoms with van der Waals surface area (Å²) in [4.78, 5) is 10.4.